The summed E-state index contributed by atoms with van der Waals surface area (Å²) in [5.41, 5.74) is 0.518. The van der Waals surface area contributed by atoms with Gasteiger partial charge in [-0.3, -0.25) is 0 Å². The van der Waals surface area contributed by atoms with Gasteiger partial charge in [-0.1, -0.05) is 0 Å². The van der Waals surface area contributed by atoms with E-state index >= 15 is 0 Å². The van der Waals surface area contributed by atoms with Crippen molar-refractivity contribution < 1.29 is 23.1 Å². The number of sulfonamides is 1. The highest BCUT2D eigenvalue weighted by atomic mass is 32.2. The van der Waals surface area contributed by atoms with Gasteiger partial charge in [-0.25, -0.2) is 17.9 Å². The molecule has 7 nitrogen and oxygen atoms in total. The fourth-order valence-corrected chi connectivity index (χ4v) is 3.07. The van der Waals surface area contributed by atoms with Gasteiger partial charge < -0.3 is 15.2 Å². The van der Waals surface area contributed by atoms with Gasteiger partial charge in [0.15, 0.2) is 0 Å². The second-order valence-electron chi connectivity index (χ2n) is 4.91. The van der Waals surface area contributed by atoms with Gasteiger partial charge in [0.1, 0.15) is 6.04 Å². The Morgan fingerprint density at radius 1 is 1.38 bits per heavy atom. The Kier molecular flexibility index (Phi) is 4.81. The third-order valence-corrected chi connectivity index (χ3v) is 4.57. The molecule has 1 saturated carbocycles. The summed E-state index contributed by atoms with van der Waals surface area (Å²) in [7, 11) is -2.07. The molecule has 0 heterocycles. The van der Waals surface area contributed by atoms with E-state index in [2.05, 4.69) is 10.0 Å². The molecule has 3 N–H and O–H groups in total. The Balaban J connectivity index is 2.05. The van der Waals surface area contributed by atoms with Gasteiger partial charge in [-0.15, -0.1) is 0 Å². The van der Waals surface area contributed by atoms with Crippen molar-refractivity contribution in [2.24, 2.45) is 0 Å². The molecule has 2 rings (SSSR count). The van der Waals surface area contributed by atoms with Gasteiger partial charge in [0.25, 0.3) is 0 Å². The summed E-state index contributed by atoms with van der Waals surface area (Å²) in [6.45, 7) is 0.0125. The van der Waals surface area contributed by atoms with E-state index < -0.39 is 22.0 Å². The normalized spacial score (nSPS) is 16.4. The highest BCUT2D eigenvalue weighted by molar-refractivity contribution is 7.89. The van der Waals surface area contributed by atoms with E-state index in [0.717, 1.165) is 12.8 Å². The van der Waals surface area contributed by atoms with Crippen LogP contribution in [0.2, 0.25) is 0 Å². The van der Waals surface area contributed by atoms with Crippen LogP contribution < -0.4 is 10.0 Å². The number of ether oxygens (including phenoxy) is 1. The van der Waals surface area contributed by atoms with Gasteiger partial charge in [0.05, 0.1) is 11.5 Å². The largest absolute Gasteiger partial charge is 0.480 e. The number of carboxylic acid groups (broad SMARTS) is 1. The minimum atomic E-state index is -3.49. The number of hydrogen-bond acceptors (Lipinski definition) is 5. The van der Waals surface area contributed by atoms with Crippen molar-refractivity contribution in [3.63, 3.8) is 0 Å². The fraction of sp³-hybridized carbons (Fsp3) is 0.462. The van der Waals surface area contributed by atoms with E-state index in [-0.39, 0.29) is 17.5 Å². The monoisotopic (exact) mass is 314 g/mol. The molecular weight excluding hydrogens is 296 g/mol. The Hall–Kier alpha value is -1.64. The second-order valence-corrected chi connectivity index (χ2v) is 6.62. The van der Waals surface area contributed by atoms with Gasteiger partial charge in [0, 0.05) is 18.8 Å². The van der Waals surface area contributed by atoms with Crippen LogP contribution in [0, 0.1) is 0 Å². The number of benzene rings is 1. The van der Waals surface area contributed by atoms with Crippen LogP contribution in [-0.4, -0.2) is 45.3 Å². The zero-order chi connectivity index (χ0) is 15.5. The standard InChI is InChI=1S/C13H18N2O5S/c1-20-8-12(13(16)17)14-9-4-6-11(7-5-9)21(18,19)15-10-2-3-10/h4-7,10,12,14-15H,2-3,8H2,1H3,(H,16,17). The molecule has 21 heavy (non-hydrogen) atoms. The molecule has 1 unspecified atom stereocenters. The molecule has 1 atom stereocenters. The van der Waals surface area contributed by atoms with Crippen molar-refractivity contribution in [1.29, 1.82) is 0 Å². The molecule has 1 fully saturated rings. The zero-order valence-electron chi connectivity index (χ0n) is 11.6. The Morgan fingerprint density at radius 3 is 2.48 bits per heavy atom. The van der Waals surface area contributed by atoms with Gasteiger partial charge in [-0.2, -0.15) is 0 Å². The lowest BCUT2D eigenvalue weighted by Crippen LogP contribution is -2.33. The minimum absolute atomic E-state index is 0.0125. The Labute approximate surface area is 123 Å². The van der Waals surface area contributed by atoms with E-state index in [0.29, 0.717) is 5.69 Å². The summed E-state index contributed by atoms with van der Waals surface area (Å²) in [6.07, 6.45) is 1.74. The molecule has 116 valence electrons. The quantitative estimate of drug-likeness (QED) is 0.650. The van der Waals surface area contributed by atoms with Crippen LogP contribution in [0.3, 0.4) is 0 Å². The predicted molar refractivity (Wildman–Crippen MR) is 76.7 cm³/mol. The van der Waals surface area contributed by atoms with Gasteiger partial charge in [0.2, 0.25) is 10.0 Å². The molecular formula is C13H18N2O5S. The maximum absolute atomic E-state index is 12.0. The van der Waals surface area contributed by atoms with E-state index in [4.69, 9.17) is 9.84 Å². The van der Waals surface area contributed by atoms with Crippen LogP contribution >= 0.6 is 0 Å². The average molecular weight is 314 g/mol. The maximum atomic E-state index is 12.0. The predicted octanol–water partition coefficient (Wildman–Crippen LogP) is 0.639. The van der Waals surface area contributed by atoms with Crippen LogP contribution in [0.1, 0.15) is 12.8 Å². The topological polar surface area (TPSA) is 105 Å². The number of anilines is 1. The van der Waals surface area contributed by atoms with E-state index in [1.165, 1.54) is 31.4 Å². The molecule has 1 aromatic rings. The lowest BCUT2D eigenvalue weighted by atomic mass is 10.2. The number of carbonyl (C=O) groups is 1. The number of carboxylic acids is 1. The number of aliphatic carboxylic acids is 1. The number of methoxy groups -OCH3 is 1. The molecule has 0 spiro atoms. The first-order valence-electron chi connectivity index (χ1n) is 6.53. The van der Waals surface area contributed by atoms with E-state index in [1.807, 2.05) is 0 Å². The molecule has 1 aliphatic rings. The second kappa shape index (κ2) is 6.42. The summed E-state index contributed by atoms with van der Waals surface area (Å²) in [5.74, 6) is -1.04. The van der Waals surface area contributed by atoms with Crippen molar-refractivity contribution in [2.75, 3.05) is 19.0 Å². The van der Waals surface area contributed by atoms with Crippen LogP contribution in [0.4, 0.5) is 5.69 Å². The van der Waals surface area contributed by atoms with Crippen molar-refractivity contribution in [3.8, 4) is 0 Å². The lowest BCUT2D eigenvalue weighted by molar-refractivity contribution is -0.139. The maximum Gasteiger partial charge on any atom is 0.328 e. The summed E-state index contributed by atoms with van der Waals surface area (Å²) in [4.78, 5) is 11.2. The highest BCUT2D eigenvalue weighted by Crippen LogP contribution is 2.22. The van der Waals surface area contributed by atoms with Crippen LogP contribution in [0.5, 0.6) is 0 Å². The summed E-state index contributed by atoms with van der Waals surface area (Å²) < 4.78 is 31.4. The molecule has 0 aliphatic heterocycles. The lowest BCUT2D eigenvalue weighted by Gasteiger charge is -2.15. The molecule has 0 aromatic heterocycles. The number of hydrogen-bond donors (Lipinski definition) is 3. The summed E-state index contributed by atoms with van der Waals surface area (Å²) in [6, 6.07) is 5.12. The average Bonchev–Trinajstić information content (AvgIpc) is 3.22. The van der Waals surface area contributed by atoms with Crippen molar-refractivity contribution in [2.45, 2.75) is 29.8 Å². The Morgan fingerprint density at radius 2 is 2.00 bits per heavy atom. The first-order chi connectivity index (χ1) is 9.92. The molecule has 1 aliphatic carbocycles. The van der Waals surface area contributed by atoms with Crippen molar-refractivity contribution >= 4 is 21.7 Å². The molecule has 0 amide bonds. The van der Waals surface area contributed by atoms with Crippen LogP contribution in [-0.2, 0) is 19.6 Å². The molecule has 0 radical (unpaired) electrons. The van der Waals surface area contributed by atoms with Crippen molar-refractivity contribution in [1.82, 2.24) is 4.72 Å². The SMILES string of the molecule is COCC(Nc1ccc(S(=O)(=O)NC2CC2)cc1)C(=O)O. The molecule has 1 aromatic carbocycles. The van der Waals surface area contributed by atoms with Crippen LogP contribution in [0.15, 0.2) is 29.2 Å². The van der Waals surface area contributed by atoms with Crippen molar-refractivity contribution in [3.05, 3.63) is 24.3 Å². The minimum Gasteiger partial charge on any atom is -0.480 e. The van der Waals surface area contributed by atoms with Crippen LogP contribution in [0.25, 0.3) is 0 Å². The van der Waals surface area contributed by atoms with E-state index in [1.54, 1.807) is 0 Å². The third kappa shape index (κ3) is 4.42. The summed E-state index contributed by atoms with van der Waals surface area (Å²) >= 11 is 0. The number of rotatable bonds is 8. The molecule has 0 saturated heterocycles. The fourth-order valence-electron chi connectivity index (χ4n) is 1.76. The number of nitrogens with one attached hydrogen (secondary N) is 2. The first kappa shape index (κ1) is 15.7. The molecule has 0 bridgehead atoms. The zero-order valence-corrected chi connectivity index (χ0v) is 12.4. The molecule has 8 heteroatoms. The first-order valence-corrected chi connectivity index (χ1v) is 8.01. The van der Waals surface area contributed by atoms with Gasteiger partial charge >= 0.3 is 5.97 Å². The highest BCUT2D eigenvalue weighted by Gasteiger charge is 2.27. The Bertz CT molecular complexity index is 595. The summed E-state index contributed by atoms with van der Waals surface area (Å²) in [5, 5.41) is 11.8. The third-order valence-electron chi connectivity index (χ3n) is 3.04. The van der Waals surface area contributed by atoms with E-state index in [9.17, 15) is 13.2 Å². The smallest absolute Gasteiger partial charge is 0.328 e. The van der Waals surface area contributed by atoms with Gasteiger partial charge in [-0.05, 0) is 37.1 Å².